The Morgan fingerprint density at radius 3 is 1.04 bits per heavy atom. The molecule has 0 spiro atoms. The summed E-state index contributed by atoms with van der Waals surface area (Å²) in [7, 11) is 0. The fourth-order valence-electron chi connectivity index (χ4n) is 6.99. The molecule has 0 aliphatic heterocycles. The lowest BCUT2D eigenvalue weighted by molar-refractivity contribution is -0.736. The van der Waals surface area contributed by atoms with E-state index in [1.807, 2.05) is 0 Å². The Hall–Kier alpha value is -1.91. The summed E-state index contributed by atoms with van der Waals surface area (Å²) >= 11 is 0. The molecule has 0 aliphatic carbocycles. The number of pyridine rings is 1. The van der Waals surface area contributed by atoms with E-state index in [1.54, 1.807) is 0 Å². The molecule has 0 aliphatic rings. The maximum absolute atomic E-state index is 12.7. The first-order valence-corrected chi connectivity index (χ1v) is 20.7. The van der Waals surface area contributed by atoms with Crippen molar-refractivity contribution in [2.45, 2.75) is 220 Å². The molecule has 1 rings (SSSR count). The van der Waals surface area contributed by atoms with Gasteiger partial charge in [-0.1, -0.05) is 168 Å². The van der Waals surface area contributed by atoms with Crippen LogP contribution in [0.15, 0.2) is 12.1 Å². The van der Waals surface area contributed by atoms with Crippen molar-refractivity contribution >= 4 is 11.9 Å². The first kappa shape index (κ1) is 44.1. The molecular weight excluding hydrogens is 594 g/mol. The topological polar surface area (TPSA) is 56.5 Å². The lowest BCUT2D eigenvalue weighted by Gasteiger charge is -2.17. The van der Waals surface area contributed by atoms with E-state index in [0.29, 0.717) is 12.8 Å². The van der Waals surface area contributed by atoms with Gasteiger partial charge in [-0.25, -0.2) is 0 Å². The van der Waals surface area contributed by atoms with Gasteiger partial charge in [0, 0.05) is 38.8 Å². The summed E-state index contributed by atoms with van der Waals surface area (Å²) in [4.78, 5) is 25.3. The number of hydrogen-bond donors (Lipinski definition) is 0. The highest BCUT2D eigenvalue weighted by atomic mass is 16.5. The summed E-state index contributed by atoms with van der Waals surface area (Å²) in [6.07, 6.45) is 34.4. The number of ether oxygens (including phenoxy) is 2. The van der Waals surface area contributed by atoms with Gasteiger partial charge in [0.2, 0.25) is 6.04 Å². The van der Waals surface area contributed by atoms with Crippen LogP contribution in [0.4, 0.5) is 0 Å². The average Bonchev–Trinajstić information content (AvgIpc) is 3.05. The molecule has 48 heavy (non-hydrogen) atoms. The maximum atomic E-state index is 12.7. The Bertz CT molecular complexity index is 860. The summed E-state index contributed by atoms with van der Waals surface area (Å²) in [5.74, 6) is -0.297. The van der Waals surface area contributed by atoms with Crippen molar-refractivity contribution in [1.82, 2.24) is 0 Å². The molecule has 1 heterocycles. The largest absolute Gasteiger partial charge is 0.458 e. The van der Waals surface area contributed by atoms with Crippen molar-refractivity contribution in [2.75, 3.05) is 13.2 Å². The van der Waals surface area contributed by atoms with E-state index < -0.39 is 0 Å². The van der Waals surface area contributed by atoms with Crippen molar-refractivity contribution < 1.29 is 23.6 Å². The summed E-state index contributed by atoms with van der Waals surface area (Å²) in [5.41, 5.74) is 3.36. The zero-order valence-electron chi connectivity index (χ0n) is 32.5. The van der Waals surface area contributed by atoms with Crippen LogP contribution >= 0.6 is 0 Å². The minimum absolute atomic E-state index is 0.149. The maximum Gasteiger partial charge on any atom is 0.306 e. The molecule has 5 nitrogen and oxygen atoms in total. The van der Waals surface area contributed by atoms with Gasteiger partial charge in [0.05, 0.1) is 0 Å². The van der Waals surface area contributed by atoms with Gasteiger partial charge in [-0.05, 0) is 25.3 Å². The molecule has 0 saturated carbocycles. The van der Waals surface area contributed by atoms with Crippen LogP contribution in [0.5, 0.6) is 0 Å². The van der Waals surface area contributed by atoms with Gasteiger partial charge in [-0.15, -0.1) is 0 Å². The molecule has 0 aromatic carbocycles. The van der Waals surface area contributed by atoms with Crippen molar-refractivity contribution in [2.24, 2.45) is 0 Å². The van der Waals surface area contributed by atoms with Crippen molar-refractivity contribution in [1.29, 1.82) is 0 Å². The van der Waals surface area contributed by atoms with Gasteiger partial charge >= 0.3 is 11.9 Å². The number of rotatable bonds is 33. The lowest BCUT2D eigenvalue weighted by Crippen LogP contribution is -2.50. The number of carbonyl (C=O) groups excluding carboxylic acids is 2. The van der Waals surface area contributed by atoms with E-state index in [0.717, 1.165) is 37.1 Å². The Morgan fingerprint density at radius 2 is 0.750 bits per heavy atom. The second kappa shape index (κ2) is 31.1. The minimum atomic E-state index is -0.225. The predicted molar refractivity (Wildman–Crippen MR) is 202 cm³/mol. The van der Waals surface area contributed by atoms with Crippen LogP contribution in [-0.4, -0.2) is 25.2 Å². The third-order valence-electron chi connectivity index (χ3n) is 9.84. The molecule has 1 aromatic heterocycles. The molecule has 0 bridgehead atoms. The van der Waals surface area contributed by atoms with Crippen LogP contribution in [-0.2, 0) is 19.1 Å². The van der Waals surface area contributed by atoms with E-state index >= 15 is 0 Å². The van der Waals surface area contributed by atoms with Crippen LogP contribution < -0.4 is 4.57 Å². The number of carbonyl (C=O) groups is 2. The van der Waals surface area contributed by atoms with Crippen LogP contribution in [0.1, 0.15) is 217 Å². The summed E-state index contributed by atoms with van der Waals surface area (Å²) in [6.45, 7) is 11.2. The van der Waals surface area contributed by atoms with E-state index in [9.17, 15) is 9.59 Å². The van der Waals surface area contributed by atoms with Crippen LogP contribution in [0.25, 0.3) is 0 Å². The second-order valence-electron chi connectivity index (χ2n) is 14.7. The number of esters is 2. The first-order chi connectivity index (χ1) is 23.4. The second-order valence-corrected chi connectivity index (χ2v) is 14.7. The molecule has 0 saturated heterocycles. The first-order valence-electron chi connectivity index (χ1n) is 20.7. The number of aromatic nitrogens is 1. The number of unbranched alkanes of at least 4 members (excludes halogenated alkanes) is 24. The van der Waals surface area contributed by atoms with E-state index in [2.05, 4.69) is 51.3 Å². The third-order valence-corrected chi connectivity index (χ3v) is 9.84. The molecule has 0 unspecified atom stereocenters. The highest BCUT2D eigenvalue weighted by molar-refractivity contribution is 5.69. The molecule has 0 amide bonds. The van der Waals surface area contributed by atoms with Gasteiger partial charge in [-0.3, -0.25) is 9.59 Å². The van der Waals surface area contributed by atoms with E-state index in [4.69, 9.17) is 9.47 Å². The average molecular weight is 673 g/mol. The van der Waals surface area contributed by atoms with Crippen LogP contribution in [0.2, 0.25) is 0 Å². The lowest BCUT2D eigenvalue weighted by atomic mass is 10.0. The quantitative estimate of drug-likeness (QED) is 0.0423. The zero-order valence-corrected chi connectivity index (χ0v) is 32.5. The Morgan fingerprint density at radius 1 is 0.479 bits per heavy atom. The molecule has 0 fully saturated rings. The minimum Gasteiger partial charge on any atom is -0.458 e. The van der Waals surface area contributed by atoms with Gasteiger partial charge in [0.1, 0.15) is 0 Å². The Kier molecular flexibility index (Phi) is 28.6. The monoisotopic (exact) mass is 673 g/mol. The molecule has 0 atom stereocenters. The SMILES string of the molecule is CCCCCCCCCCCCCCCC(=O)OCC(COC(=O)CCCCCCCCCCCCCCC)[n+]1c(C)cc(C)cc1C. The standard InChI is InChI=1S/C43H78NO4/c1-6-8-10-12-14-16-18-20-22-24-26-28-30-32-42(45)47-36-41(44-39(4)34-38(3)35-40(44)5)37-48-43(46)33-31-29-27-25-23-21-19-17-15-13-11-9-7-2/h34-35,41H,6-33,36-37H2,1-5H3/q+1. The van der Waals surface area contributed by atoms with Crippen molar-refractivity contribution in [3.63, 3.8) is 0 Å². The van der Waals surface area contributed by atoms with Gasteiger partial charge < -0.3 is 9.47 Å². The molecule has 5 heteroatoms. The fourth-order valence-corrected chi connectivity index (χ4v) is 6.99. The van der Waals surface area contributed by atoms with Gasteiger partial charge in [-0.2, -0.15) is 4.57 Å². The van der Waals surface area contributed by atoms with Gasteiger partial charge in [0.15, 0.2) is 24.6 Å². The van der Waals surface area contributed by atoms with Crippen LogP contribution in [0.3, 0.4) is 0 Å². The highest BCUT2D eigenvalue weighted by Gasteiger charge is 2.27. The summed E-state index contributed by atoms with van der Waals surface area (Å²) in [6, 6.07) is 4.03. The predicted octanol–water partition coefficient (Wildman–Crippen LogP) is 12.5. The third kappa shape index (κ3) is 24.3. The van der Waals surface area contributed by atoms with Crippen molar-refractivity contribution in [3.05, 3.63) is 29.1 Å². The molecular formula is C43H78NO4+. The summed E-state index contributed by atoms with van der Waals surface area (Å²) in [5, 5.41) is 0. The Balaban J connectivity index is 2.28. The number of aryl methyl sites for hydroxylation is 3. The van der Waals surface area contributed by atoms with Gasteiger partial charge in [0.25, 0.3) is 0 Å². The van der Waals surface area contributed by atoms with E-state index in [-0.39, 0.29) is 31.2 Å². The Labute approximate surface area is 297 Å². The molecule has 1 aromatic rings. The fraction of sp³-hybridized carbons (Fsp3) is 0.837. The number of hydrogen-bond acceptors (Lipinski definition) is 4. The van der Waals surface area contributed by atoms with Crippen molar-refractivity contribution in [3.8, 4) is 0 Å². The normalized spacial score (nSPS) is 11.4. The zero-order chi connectivity index (χ0) is 35.1. The molecule has 278 valence electrons. The number of nitrogens with zero attached hydrogens (tertiary/aromatic N) is 1. The van der Waals surface area contributed by atoms with Crippen LogP contribution in [0, 0.1) is 20.8 Å². The highest BCUT2D eigenvalue weighted by Crippen LogP contribution is 2.16. The van der Waals surface area contributed by atoms with E-state index in [1.165, 1.54) is 147 Å². The smallest absolute Gasteiger partial charge is 0.306 e. The molecule has 0 N–H and O–H groups in total. The summed E-state index contributed by atoms with van der Waals surface area (Å²) < 4.78 is 13.7. The molecule has 0 radical (unpaired) electrons.